The van der Waals surface area contributed by atoms with E-state index in [9.17, 15) is 35.1 Å². The third-order valence-electron chi connectivity index (χ3n) is 3.10. The second-order valence-electron chi connectivity index (χ2n) is 4.61. The van der Waals surface area contributed by atoms with E-state index in [1.165, 1.54) is 24.3 Å². The SMILES string of the molecule is O=C(O)c1ccccc1[15NH]c1c([N+](=O)[O-])cc([N+](=O)[O-])cc1[N+](=O)[O-]. The van der Waals surface area contributed by atoms with Crippen molar-refractivity contribution in [3.8, 4) is 0 Å². The van der Waals surface area contributed by atoms with E-state index in [-0.39, 0.29) is 11.3 Å². The summed E-state index contributed by atoms with van der Waals surface area (Å²) in [7, 11) is 0. The van der Waals surface area contributed by atoms with Gasteiger partial charge in [-0.15, -0.1) is 0 Å². The van der Waals surface area contributed by atoms with E-state index in [1.807, 2.05) is 0 Å². The van der Waals surface area contributed by atoms with Crippen LogP contribution in [0.25, 0.3) is 0 Å². The van der Waals surface area contributed by atoms with Gasteiger partial charge in [0.05, 0.1) is 38.2 Å². The highest BCUT2D eigenvalue weighted by molar-refractivity contribution is 5.96. The smallest absolute Gasteiger partial charge is 0.337 e. The Hall–Kier alpha value is -4.09. The largest absolute Gasteiger partial charge is 0.478 e. The number of nitrogens with zero attached hydrogens (tertiary/aromatic N) is 3. The first-order valence-electron chi connectivity index (χ1n) is 6.43. The molecule has 0 fully saturated rings. The molecule has 128 valence electrons. The lowest BCUT2D eigenvalue weighted by Gasteiger charge is -2.10. The molecule has 2 rings (SSSR count). The molecule has 0 aliphatic heterocycles. The number of hydrogen-bond donors (Lipinski definition) is 2. The molecular weight excluding hydrogens is 341 g/mol. The van der Waals surface area contributed by atoms with E-state index in [0.717, 1.165) is 0 Å². The Kier molecular flexibility index (Phi) is 4.54. The summed E-state index contributed by atoms with van der Waals surface area (Å²) in [6.45, 7) is 0. The Balaban J connectivity index is 2.72. The van der Waals surface area contributed by atoms with Crippen molar-refractivity contribution in [3.63, 3.8) is 0 Å². The van der Waals surface area contributed by atoms with Crippen LogP contribution in [0.1, 0.15) is 10.4 Å². The molecule has 0 aliphatic rings. The van der Waals surface area contributed by atoms with E-state index in [0.29, 0.717) is 12.1 Å². The van der Waals surface area contributed by atoms with Gasteiger partial charge >= 0.3 is 17.3 Å². The Bertz CT molecular complexity index is 876. The molecule has 0 saturated heterocycles. The number of nitro groups is 3. The van der Waals surface area contributed by atoms with Crippen molar-refractivity contribution in [2.45, 2.75) is 0 Å². The van der Waals surface area contributed by atoms with Gasteiger partial charge in [0.1, 0.15) is 0 Å². The summed E-state index contributed by atoms with van der Waals surface area (Å²) in [6, 6.07) is 6.36. The highest BCUT2D eigenvalue weighted by atomic mass is 16.6. The number of carboxylic acids is 1. The molecule has 2 aromatic carbocycles. The number of carboxylic acid groups (broad SMARTS) is 1. The van der Waals surface area contributed by atoms with Crippen molar-refractivity contribution in [3.05, 3.63) is 72.3 Å². The minimum Gasteiger partial charge on any atom is -0.478 e. The Labute approximate surface area is 137 Å². The van der Waals surface area contributed by atoms with E-state index < -0.39 is 43.5 Å². The van der Waals surface area contributed by atoms with Gasteiger partial charge in [0.25, 0.3) is 5.69 Å². The van der Waals surface area contributed by atoms with Gasteiger partial charge in [-0.25, -0.2) is 4.79 Å². The number of rotatable bonds is 6. The van der Waals surface area contributed by atoms with Crippen molar-refractivity contribution in [2.24, 2.45) is 0 Å². The number of anilines is 2. The zero-order chi connectivity index (χ0) is 18.7. The van der Waals surface area contributed by atoms with Crippen molar-refractivity contribution >= 4 is 34.4 Å². The monoisotopic (exact) mass is 349 g/mol. The molecule has 0 amide bonds. The molecule has 12 nitrogen and oxygen atoms in total. The van der Waals surface area contributed by atoms with Crippen molar-refractivity contribution in [1.82, 2.24) is 0 Å². The average molecular weight is 349 g/mol. The van der Waals surface area contributed by atoms with Gasteiger partial charge in [-0.05, 0) is 12.1 Å². The topological polar surface area (TPSA) is 179 Å². The molecule has 0 aromatic heterocycles. The summed E-state index contributed by atoms with van der Waals surface area (Å²) in [4.78, 5) is 41.3. The molecule has 0 unspecified atom stereocenters. The van der Waals surface area contributed by atoms with Gasteiger partial charge in [-0.2, -0.15) is 0 Å². The van der Waals surface area contributed by atoms with Gasteiger partial charge in [0.2, 0.25) is 0 Å². The van der Waals surface area contributed by atoms with Crippen molar-refractivity contribution in [2.75, 3.05) is 5.32 Å². The Morgan fingerprint density at radius 3 is 1.88 bits per heavy atom. The molecule has 25 heavy (non-hydrogen) atoms. The maximum absolute atomic E-state index is 11.2. The first-order chi connectivity index (χ1) is 11.7. The number of aromatic carboxylic acids is 1. The zero-order valence-electron chi connectivity index (χ0n) is 12.1. The van der Waals surface area contributed by atoms with Gasteiger partial charge in [0.15, 0.2) is 5.69 Å². The molecule has 2 N–H and O–H groups in total. The number of para-hydroxylation sites is 1. The van der Waals surface area contributed by atoms with Crippen LogP contribution in [-0.4, -0.2) is 25.8 Å². The summed E-state index contributed by atoms with van der Waals surface area (Å²) in [5.74, 6) is -1.37. The van der Waals surface area contributed by atoms with Gasteiger partial charge < -0.3 is 10.4 Å². The fraction of sp³-hybridized carbons (Fsp3) is 0. The molecule has 0 heterocycles. The highest BCUT2D eigenvalue weighted by Gasteiger charge is 2.31. The third kappa shape index (κ3) is 3.47. The average Bonchev–Trinajstić information content (AvgIpc) is 2.54. The normalized spacial score (nSPS) is 10.1. The van der Waals surface area contributed by atoms with Crippen LogP contribution in [0.3, 0.4) is 0 Å². The molecule has 0 atom stereocenters. The minimum absolute atomic E-state index is 0.143. The highest BCUT2D eigenvalue weighted by Crippen LogP contribution is 2.40. The maximum Gasteiger partial charge on any atom is 0.337 e. The molecule has 0 saturated carbocycles. The minimum atomic E-state index is -1.37. The fourth-order valence-electron chi connectivity index (χ4n) is 2.03. The molecule has 0 aliphatic carbocycles. The summed E-state index contributed by atoms with van der Waals surface area (Å²) in [5.41, 5.74) is -3.79. The number of benzene rings is 2. The predicted molar refractivity (Wildman–Crippen MR) is 83.1 cm³/mol. The third-order valence-corrected chi connectivity index (χ3v) is 3.10. The van der Waals surface area contributed by atoms with Gasteiger partial charge in [0, 0.05) is 0 Å². The fourth-order valence-corrected chi connectivity index (χ4v) is 2.03. The first-order valence-corrected chi connectivity index (χ1v) is 6.43. The van der Waals surface area contributed by atoms with Crippen LogP contribution in [0.15, 0.2) is 36.4 Å². The lowest BCUT2D eigenvalue weighted by atomic mass is 10.1. The lowest BCUT2D eigenvalue weighted by Crippen LogP contribution is -2.06. The number of nitro benzene ring substituents is 3. The van der Waals surface area contributed by atoms with E-state index >= 15 is 0 Å². The molecule has 0 spiro atoms. The van der Waals surface area contributed by atoms with Gasteiger partial charge in [-0.1, -0.05) is 12.1 Å². The molecule has 0 radical (unpaired) electrons. The van der Waals surface area contributed by atoms with Crippen LogP contribution in [-0.2, 0) is 0 Å². The summed E-state index contributed by atoms with van der Waals surface area (Å²) in [6.07, 6.45) is 0. The number of carbonyl (C=O) groups is 1. The van der Waals surface area contributed by atoms with E-state index in [1.54, 1.807) is 0 Å². The summed E-state index contributed by atoms with van der Waals surface area (Å²) < 4.78 is 0. The second-order valence-corrected chi connectivity index (χ2v) is 4.61. The molecular formula is C13H8N4O8. The second kappa shape index (κ2) is 6.57. The molecule has 2 aromatic rings. The van der Waals surface area contributed by atoms with Crippen molar-refractivity contribution in [1.29, 1.82) is 0 Å². The Morgan fingerprint density at radius 2 is 1.44 bits per heavy atom. The van der Waals surface area contributed by atoms with Crippen LogP contribution in [0.4, 0.5) is 28.4 Å². The lowest BCUT2D eigenvalue weighted by molar-refractivity contribution is -0.401. The predicted octanol–water partition coefficient (Wildman–Crippen LogP) is 2.85. The van der Waals surface area contributed by atoms with Crippen LogP contribution in [0.2, 0.25) is 0 Å². The maximum atomic E-state index is 11.2. The van der Waals surface area contributed by atoms with Crippen molar-refractivity contribution < 1.29 is 24.7 Å². The van der Waals surface area contributed by atoms with Crippen LogP contribution < -0.4 is 5.32 Å². The van der Waals surface area contributed by atoms with E-state index in [2.05, 4.69) is 5.32 Å². The quantitative estimate of drug-likeness (QED) is 0.450. The molecule has 0 bridgehead atoms. The van der Waals surface area contributed by atoms with Crippen LogP contribution >= 0.6 is 0 Å². The van der Waals surface area contributed by atoms with E-state index in [4.69, 9.17) is 5.11 Å². The molecule has 12 heteroatoms. The van der Waals surface area contributed by atoms with Crippen LogP contribution in [0, 0.1) is 30.3 Å². The standard InChI is InChI=1S/C13H8N4O8/c18-13(19)8-3-1-2-4-9(8)14-12-10(16(22)23)5-7(15(20)21)6-11(12)17(24)25/h1-6,14H,(H,18,19)/i14+1. The number of nitrogens with one attached hydrogen (secondary N) is 1. The zero-order valence-corrected chi connectivity index (χ0v) is 12.1. The van der Waals surface area contributed by atoms with Crippen LogP contribution in [0.5, 0.6) is 0 Å². The summed E-state index contributed by atoms with van der Waals surface area (Å²) in [5, 5.41) is 44.6. The number of hydrogen-bond acceptors (Lipinski definition) is 8. The Morgan fingerprint density at radius 1 is 0.920 bits per heavy atom. The summed E-state index contributed by atoms with van der Waals surface area (Å²) >= 11 is 0. The number of non-ortho nitro benzene ring substituents is 1. The van der Waals surface area contributed by atoms with Gasteiger partial charge in [-0.3, -0.25) is 30.3 Å². The first kappa shape index (κ1) is 17.3.